The van der Waals surface area contributed by atoms with Crippen LogP contribution in [0.2, 0.25) is 0 Å². The molecule has 0 radical (unpaired) electrons. The smallest absolute Gasteiger partial charge is 0.308 e. The van der Waals surface area contributed by atoms with Gasteiger partial charge in [0.15, 0.2) is 11.5 Å². The van der Waals surface area contributed by atoms with Gasteiger partial charge in [0.05, 0.1) is 0 Å². The van der Waals surface area contributed by atoms with Gasteiger partial charge in [-0.1, -0.05) is 34.6 Å². The monoisotopic (exact) mass is 554 g/mol. The molecule has 1 heterocycles. The molecular weight excluding hydrogens is 508 g/mol. The van der Waals surface area contributed by atoms with Crippen molar-refractivity contribution in [3.63, 3.8) is 0 Å². The summed E-state index contributed by atoms with van der Waals surface area (Å²) in [6, 6.07) is 1.75. The lowest BCUT2D eigenvalue weighted by Crippen LogP contribution is -2.66. The number of benzene rings is 1. The van der Waals surface area contributed by atoms with E-state index in [9.17, 15) is 14.4 Å². The van der Waals surface area contributed by atoms with Gasteiger partial charge in [-0.2, -0.15) is 0 Å². The van der Waals surface area contributed by atoms with E-state index in [4.69, 9.17) is 18.9 Å². The van der Waals surface area contributed by atoms with Crippen LogP contribution >= 0.6 is 0 Å². The molecule has 1 aromatic carbocycles. The lowest BCUT2D eigenvalue weighted by Gasteiger charge is -2.66. The minimum Gasteiger partial charge on any atom is -0.486 e. The Balaban J connectivity index is 1.57. The Morgan fingerprint density at radius 1 is 0.950 bits per heavy atom. The van der Waals surface area contributed by atoms with Gasteiger partial charge in [0.2, 0.25) is 0 Å². The number of esters is 3. The molecule has 7 heteroatoms. The maximum absolute atomic E-state index is 12.2. The number of ether oxygens (including phenoxy) is 4. The molecule has 40 heavy (non-hydrogen) atoms. The zero-order chi connectivity index (χ0) is 29.4. The lowest BCUT2D eigenvalue weighted by atomic mass is 9.39. The minimum absolute atomic E-state index is 0.0658. The predicted octanol–water partition coefficient (Wildman–Crippen LogP) is 6.60. The molecule has 0 bridgehead atoms. The van der Waals surface area contributed by atoms with E-state index >= 15 is 0 Å². The van der Waals surface area contributed by atoms with E-state index < -0.39 is 17.5 Å². The quantitative estimate of drug-likeness (QED) is 0.307. The normalized spacial score (nSPS) is 37.4. The van der Waals surface area contributed by atoms with Crippen molar-refractivity contribution in [1.29, 1.82) is 0 Å². The van der Waals surface area contributed by atoms with Crippen LogP contribution in [0.1, 0.15) is 98.6 Å². The van der Waals surface area contributed by atoms with Crippen LogP contribution in [0.4, 0.5) is 0 Å². The molecule has 3 fully saturated rings. The molecule has 3 saturated carbocycles. The van der Waals surface area contributed by atoms with E-state index in [2.05, 4.69) is 34.6 Å². The van der Waals surface area contributed by atoms with E-state index in [1.807, 2.05) is 6.92 Å². The van der Waals surface area contributed by atoms with Crippen molar-refractivity contribution < 1.29 is 33.3 Å². The largest absolute Gasteiger partial charge is 0.486 e. The Bertz CT molecular complexity index is 1230. The number of carbonyl (C=O) groups excluding carboxylic acids is 3. The average molecular weight is 555 g/mol. The number of hydrogen-bond donors (Lipinski definition) is 0. The topological polar surface area (TPSA) is 88.1 Å². The number of hydrogen-bond acceptors (Lipinski definition) is 7. The highest BCUT2D eigenvalue weighted by atomic mass is 16.6. The van der Waals surface area contributed by atoms with Crippen LogP contribution in [-0.4, -0.2) is 29.6 Å². The summed E-state index contributed by atoms with van der Waals surface area (Å²) in [5.41, 5.74) is 1.25. The average Bonchev–Trinajstić information content (AvgIpc) is 3.23. The number of carbonyl (C=O) groups is 3. The van der Waals surface area contributed by atoms with Crippen molar-refractivity contribution in [3.8, 4) is 17.2 Å². The maximum atomic E-state index is 12.2. The summed E-state index contributed by atoms with van der Waals surface area (Å²) in [6.07, 6.45) is 5.70. The Kier molecular flexibility index (Phi) is 7.07. The second-order valence-corrected chi connectivity index (χ2v) is 14.1. The second kappa shape index (κ2) is 9.77. The fourth-order valence-corrected chi connectivity index (χ4v) is 9.72. The van der Waals surface area contributed by atoms with Gasteiger partial charge in [-0.15, -0.1) is 0 Å². The molecule has 220 valence electrons. The van der Waals surface area contributed by atoms with Crippen molar-refractivity contribution in [3.05, 3.63) is 17.2 Å². The van der Waals surface area contributed by atoms with E-state index in [1.54, 1.807) is 6.07 Å². The lowest BCUT2D eigenvalue weighted by molar-refractivity contribution is -0.221. The Morgan fingerprint density at radius 2 is 1.62 bits per heavy atom. The molecule has 0 N–H and O–H groups in total. The van der Waals surface area contributed by atoms with E-state index in [0.717, 1.165) is 49.0 Å². The summed E-state index contributed by atoms with van der Waals surface area (Å²) in [6.45, 7) is 18.0. The van der Waals surface area contributed by atoms with Gasteiger partial charge in [-0.05, 0) is 79.7 Å². The molecule has 7 nitrogen and oxygen atoms in total. The van der Waals surface area contributed by atoms with Crippen molar-refractivity contribution in [2.75, 3.05) is 0 Å². The zero-order valence-electron chi connectivity index (χ0n) is 25.6. The van der Waals surface area contributed by atoms with E-state index in [-0.39, 0.29) is 28.7 Å². The van der Waals surface area contributed by atoms with Gasteiger partial charge in [-0.25, -0.2) is 0 Å². The molecule has 5 rings (SSSR count). The van der Waals surface area contributed by atoms with Crippen LogP contribution in [0.5, 0.6) is 17.2 Å². The summed E-state index contributed by atoms with van der Waals surface area (Å²) in [4.78, 5) is 36.0. The fourth-order valence-electron chi connectivity index (χ4n) is 9.72. The van der Waals surface area contributed by atoms with Gasteiger partial charge < -0.3 is 18.9 Å². The third-order valence-corrected chi connectivity index (χ3v) is 11.3. The van der Waals surface area contributed by atoms with Crippen LogP contribution in [0.3, 0.4) is 0 Å². The van der Waals surface area contributed by atoms with Crippen LogP contribution in [0, 0.1) is 47.3 Å². The molecule has 8 atom stereocenters. The minimum atomic E-state index is -0.459. The number of rotatable bonds is 3. The first-order valence-electron chi connectivity index (χ1n) is 15.0. The first-order valence-corrected chi connectivity index (χ1v) is 15.0. The standard InChI is InChI=1S/C33H46O7/c1-17-15-26-31(7,8)27(38-21(5)35)12-13-32(26,9)24-11-10-19(3)33(28(17)24)16-23-29(40-33)18(2)14-25(37-20(4)34)30(23)39-22(6)36/h14,17,19,24,26-28H,10-13,15-16H2,1-9H3/t17-,19?,24?,26?,27?,28?,32?,33?/m0/s1. The summed E-state index contributed by atoms with van der Waals surface area (Å²) in [5, 5.41) is 0. The summed E-state index contributed by atoms with van der Waals surface area (Å²) in [5.74, 6) is 2.12. The Hall–Kier alpha value is -2.57. The van der Waals surface area contributed by atoms with Gasteiger partial charge in [0, 0.05) is 44.1 Å². The fraction of sp³-hybridized carbons (Fsp3) is 0.727. The van der Waals surface area contributed by atoms with Crippen molar-refractivity contribution >= 4 is 17.9 Å². The van der Waals surface area contributed by atoms with Crippen LogP contribution in [0.15, 0.2) is 6.07 Å². The Labute approximate surface area is 238 Å². The van der Waals surface area contributed by atoms with Crippen molar-refractivity contribution in [1.82, 2.24) is 0 Å². The van der Waals surface area contributed by atoms with Gasteiger partial charge in [0.25, 0.3) is 0 Å². The van der Waals surface area contributed by atoms with Crippen molar-refractivity contribution in [2.45, 2.75) is 113 Å². The van der Waals surface area contributed by atoms with E-state index in [1.165, 1.54) is 20.8 Å². The second-order valence-electron chi connectivity index (χ2n) is 14.1. The molecule has 1 spiro atoms. The summed E-state index contributed by atoms with van der Waals surface area (Å²) < 4.78 is 24.3. The number of fused-ring (bicyclic) bond motifs is 5. The SMILES string of the molecule is CC(=O)Oc1cc(C)c2c(c1OC(C)=O)CC1(O2)C(C)CCC2C1[C@@H](C)CC1C(C)(C)C(OC(C)=O)CCC21C. The molecule has 0 aromatic heterocycles. The highest BCUT2D eigenvalue weighted by molar-refractivity contribution is 5.76. The van der Waals surface area contributed by atoms with Crippen LogP contribution in [0.25, 0.3) is 0 Å². The molecule has 0 amide bonds. The Morgan fingerprint density at radius 3 is 2.25 bits per heavy atom. The van der Waals surface area contributed by atoms with Crippen LogP contribution < -0.4 is 14.2 Å². The third kappa shape index (κ3) is 4.34. The predicted molar refractivity (Wildman–Crippen MR) is 150 cm³/mol. The highest BCUT2D eigenvalue weighted by Crippen LogP contribution is 2.69. The van der Waals surface area contributed by atoms with Crippen molar-refractivity contribution in [2.24, 2.45) is 40.4 Å². The molecule has 4 aliphatic rings. The third-order valence-electron chi connectivity index (χ3n) is 11.3. The molecule has 7 unspecified atom stereocenters. The maximum Gasteiger partial charge on any atom is 0.308 e. The van der Waals surface area contributed by atoms with E-state index in [0.29, 0.717) is 41.8 Å². The van der Waals surface area contributed by atoms with Gasteiger partial charge >= 0.3 is 17.9 Å². The first-order chi connectivity index (χ1) is 18.6. The molecule has 0 saturated heterocycles. The first kappa shape index (κ1) is 28.9. The zero-order valence-corrected chi connectivity index (χ0v) is 25.6. The summed E-state index contributed by atoms with van der Waals surface area (Å²) in [7, 11) is 0. The van der Waals surface area contributed by atoms with Gasteiger partial charge in [0.1, 0.15) is 17.5 Å². The molecule has 3 aliphatic carbocycles. The highest BCUT2D eigenvalue weighted by Gasteiger charge is 2.67. The van der Waals surface area contributed by atoms with Gasteiger partial charge in [-0.3, -0.25) is 14.4 Å². The van der Waals surface area contributed by atoms with Crippen LogP contribution in [-0.2, 0) is 25.5 Å². The number of aryl methyl sites for hydroxylation is 1. The molecular formula is C33H46O7. The summed E-state index contributed by atoms with van der Waals surface area (Å²) >= 11 is 0. The molecule has 1 aromatic rings. The molecule has 1 aliphatic heterocycles.